The number of halogens is 4. The summed E-state index contributed by atoms with van der Waals surface area (Å²) in [6.45, 7) is 5.44. The fourth-order valence-corrected chi connectivity index (χ4v) is 5.46. The second-order valence-corrected chi connectivity index (χ2v) is 10.4. The monoisotopic (exact) mass is 577 g/mol. The molecule has 4 aromatic rings. The first-order valence-electron chi connectivity index (χ1n) is 12.4. The molecule has 1 saturated heterocycles. The summed E-state index contributed by atoms with van der Waals surface area (Å²) in [6, 6.07) is 7.76. The average Bonchev–Trinajstić information content (AvgIpc) is 3.59. The van der Waals surface area contributed by atoms with Crippen molar-refractivity contribution in [1.29, 1.82) is 0 Å². The number of rotatable bonds is 9. The van der Waals surface area contributed by atoms with Gasteiger partial charge < -0.3 is 10.0 Å². The lowest BCUT2D eigenvalue weighted by Crippen LogP contribution is -2.47. The van der Waals surface area contributed by atoms with Gasteiger partial charge in [-0.15, -0.1) is 5.10 Å². The maximum absolute atomic E-state index is 14.9. The average molecular weight is 578 g/mol. The Morgan fingerprint density at radius 1 is 1.08 bits per heavy atom. The van der Waals surface area contributed by atoms with E-state index in [0.29, 0.717) is 28.8 Å². The minimum absolute atomic E-state index is 0.0923. The zero-order valence-electron chi connectivity index (χ0n) is 21.1. The highest BCUT2D eigenvalue weighted by molar-refractivity contribution is 6.36. The molecule has 0 bridgehead atoms. The van der Waals surface area contributed by atoms with E-state index in [2.05, 4.69) is 35.4 Å². The quantitative estimate of drug-likeness (QED) is 0.323. The van der Waals surface area contributed by atoms with Crippen LogP contribution in [0, 0.1) is 11.6 Å². The van der Waals surface area contributed by atoms with Crippen LogP contribution in [0.4, 0.5) is 14.5 Å². The van der Waals surface area contributed by atoms with E-state index >= 15 is 0 Å². The van der Waals surface area contributed by atoms with Gasteiger partial charge in [0, 0.05) is 55.8 Å². The van der Waals surface area contributed by atoms with E-state index in [-0.39, 0.29) is 12.1 Å². The van der Waals surface area contributed by atoms with Crippen molar-refractivity contribution in [1.82, 2.24) is 39.9 Å². The molecule has 0 amide bonds. The summed E-state index contributed by atoms with van der Waals surface area (Å²) in [7, 11) is 0. The van der Waals surface area contributed by atoms with Crippen molar-refractivity contribution < 1.29 is 13.9 Å². The smallest absolute Gasteiger partial charge is 0.153 e. The van der Waals surface area contributed by atoms with Crippen molar-refractivity contribution in [2.24, 2.45) is 0 Å². The standard InChI is InChI=1S/C25H27Cl2F2N9O/c1-17(25(39,14-37-16-30-15-31-37)20-4-3-19(28)13-22(20)29)38-24(32-33-34-38)6-7-35-8-10-36(11-9-35)23-5-2-18(26)12-21(23)27/h2-5,12-13,15-17,39H,6-11,14H2,1H3/t17-,25+/m0/s1. The predicted octanol–water partition coefficient (Wildman–Crippen LogP) is 3.36. The molecule has 2 aromatic carbocycles. The van der Waals surface area contributed by atoms with Gasteiger partial charge in [-0.05, 0) is 41.6 Å². The molecule has 0 unspecified atom stereocenters. The van der Waals surface area contributed by atoms with Gasteiger partial charge in [-0.2, -0.15) is 5.10 Å². The Morgan fingerprint density at radius 3 is 2.56 bits per heavy atom. The van der Waals surface area contributed by atoms with Crippen molar-refractivity contribution in [2.75, 3.05) is 37.6 Å². The van der Waals surface area contributed by atoms with Gasteiger partial charge in [-0.3, -0.25) is 4.90 Å². The summed E-state index contributed by atoms with van der Waals surface area (Å²) >= 11 is 12.4. The van der Waals surface area contributed by atoms with E-state index in [4.69, 9.17) is 23.2 Å². The number of anilines is 1. The molecule has 0 aliphatic carbocycles. The van der Waals surface area contributed by atoms with E-state index in [1.807, 2.05) is 12.1 Å². The lowest BCUT2D eigenvalue weighted by Gasteiger charge is -2.37. The molecule has 0 saturated carbocycles. The van der Waals surface area contributed by atoms with Gasteiger partial charge in [0.2, 0.25) is 0 Å². The van der Waals surface area contributed by atoms with Crippen LogP contribution >= 0.6 is 23.2 Å². The summed E-state index contributed by atoms with van der Waals surface area (Å²) in [6.07, 6.45) is 3.23. The minimum Gasteiger partial charge on any atom is -0.381 e. The van der Waals surface area contributed by atoms with E-state index in [1.165, 1.54) is 28.1 Å². The highest BCUT2D eigenvalue weighted by Crippen LogP contribution is 2.37. The van der Waals surface area contributed by atoms with Gasteiger partial charge >= 0.3 is 0 Å². The number of piperazine rings is 1. The van der Waals surface area contributed by atoms with E-state index in [0.717, 1.165) is 44.0 Å². The van der Waals surface area contributed by atoms with Gasteiger partial charge in [-0.1, -0.05) is 29.3 Å². The van der Waals surface area contributed by atoms with Crippen LogP contribution in [0.2, 0.25) is 10.0 Å². The predicted molar refractivity (Wildman–Crippen MR) is 142 cm³/mol. The summed E-state index contributed by atoms with van der Waals surface area (Å²) in [5.74, 6) is -1.09. The molecule has 2 aromatic heterocycles. The van der Waals surface area contributed by atoms with Crippen LogP contribution in [0.15, 0.2) is 49.1 Å². The molecule has 206 valence electrons. The molecule has 1 N–H and O–H groups in total. The molecule has 14 heteroatoms. The second-order valence-electron chi connectivity index (χ2n) is 9.53. The first kappa shape index (κ1) is 27.4. The van der Waals surface area contributed by atoms with Crippen molar-refractivity contribution >= 4 is 28.9 Å². The minimum atomic E-state index is -1.86. The van der Waals surface area contributed by atoms with Crippen LogP contribution in [0.25, 0.3) is 0 Å². The number of aromatic nitrogens is 7. The zero-order valence-corrected chi connectivity index (χ0v) is 22.6. The zero-order chi connectivity index (χ0) is 27.6. The van der Waals surface area contributed by atoms with Crippen LogP contribution in [-0.4, -0.2) is 77.7 Å². The lowest BCUT2D eigenvalue weighted by molar-refractivity contribution is -0.0384. The summed E-state index contributed by atoms with van der Waals surface area (Å²) in [4.78, 5) is 8.43. The number of hydrogen-bond acceptors (Lipinski definition) is 8. The van der Waals surface area contributed by atoms with Gasteiger partial charge in [0.1, 0.15) is 29.9 Å². The molecule has 39 heavy (non-hydrogen) atoms. The molecule has 1 fully saturated rings. The van der Waals surface area contributed by atoms with Gasteiger partial charge in [-0.25, -0.2) is 23.1 Å². The number of nitrogens with zero attached hydrogens (tertiary/aromatic N) is 9. The summed E-state index contributed by atoms with van der Waals surface area (Å²) in [5, 5.41) is 29.3. The van der Waals surface area contributed by atoms with Crippen LogP contribution in [-0.2, 0) is 18.6 Å². The Hall–Kier alpha value is -3.19. The van der Waals surface area contributed by atoms with Crippen molar-refractivity contribution in [3.63, 3.8) is 0 Å². The molecule has 1 aliphatic rings. The lowest BCUT2D eigenvalue weighted by atomic mass is 9.86. The van der Waals surface area contributed by atoms with E-state index in [1.54, 1.807) is 13.0 Å². The molecule has 2 atom stereocenters. The van der Waals surface area contributed by atoms with Gasteiger partial charge in [0.05, 0.1) is 23.3 Å². The highest BCUT2D eigenvalue weighted by atomic mass is 35.5. The molecular formula is C25H27Cl2F2N9O. The molecule has 1 aliphatic heterocycles. The number of benzene rings is 2. The van der Waals surface area contributed by atoms with Crippen molar-refractivity contribution in [3.8, 4) is 0 Å². The second kappa shape index (κ2) is 11.5. The van der Waals surface area contributed by atoms with E-state index in [9.17, 15) is 13.9 Å². The first-order chi connectivity index (χ1) is 18.7. The maximum Gasteiger partial charge on any atom is 0.153 e. The van der Waals surface area contributed by atoms with Gasteiger partial charge in [0.15, 0.2) is 5.82 Å². The topological polar surface area (TPSA) is 101 Å². The normalized spacial score (nSPS) is 16.8. The van der Waals surface area contributed by atoms with Crippen molar-refractivity contribution in [2.45, 2.75) is 31.5 Å². The molecule has 0 radical (unpaired) electrons. The summed E-state index contributed by atoms with van der Waals surface area (Å²) < 4.78 is 31.5. The molecule has 0 spiro atoms. The summed E-state index contributed by atoms with van der Waals surface area (Å²) in [5.41, 5.74) is -0.998. The van der Waals surface area contributed by atoms with Crippen molar-refractivity contribution in [3.05, 3.63) is 82.1 Å². The fourth-order valence-electron chi connectivity index (χ4n) is 4.93. The molecule has 3 heterocycles. The fraction of sp³-hybridized carbons (Fsp3) is 0.400. The Bertz CT molecular complexity index is 1410. The highest BCUT2D eigenvalue weighted by Gasteiger charge is 2.42. The molecular weight excluding hydrogens is 551 g/mol. The Morgan fingerprint density at radius 2 is 1.87 bits per heavy atom. The molecule has 10 nitrogen and oxygen atoms in total. The number of tetrazole rings is 1. The number of aliphatic hydroxyl groups is 1. The third kappa shape index (κ3) is 5.88. The molecule has 5 rings (SSSR count). The van der Waals surface area contributed by atoms with Gasteiger partial charge in [0.25, 0.3) is 0 Å². The van der Waals surface area contributed by atoms with Crippen LogP contribution < -0.4 is 4.90 Å². The Labute approximate surface area is 233 Å². The third-order valence-corrected chi connectivity index (χ3v) is 7.70. The Balaban J connectivity index is 1.29. The van der Waals surface area contributed by atoms with Crippen LogP contribution in [0.5, 0.6) is 0 Å². The Kier molecular flexibility index (Phi) is 8.08. The van der Waals surface area contributed by atoms with Crippen LogP contribution in [0.3, 0.4) is 0 Å². The SMILES string of the molecule is C[C@H](n1nnnc1CCN1CCN(c2ccc(Cl)cc2Cl)CC1)[C@](O)(Cn1cncn1)c1ccc(F)cc1F. The third-order valence-electron chi connectivity index (χ3n) is 7.16. The van der Waals surface area contributed by atoms with E-state index < -0.39 is 23.3 Å². The van der Waals surface area contributed by atoms with Crippen LogP contribution in [0.1, 0.15) is 24.4 Å². The maximum atomic E-state index is 14.9. The number of hydrogen-bond donors (Lipinski definition) is 1. The largest absolute Gasteiger partial charge is 0.381 e. The first-order valence-corrected chi connectivity index (χ1v) is 13.2.